The van der Waals surface area contributed by atoms with Crippen molar-refractivity contribution in [2.75, 3.05) is 18.5 Å². The normalized spacial score (nSPS) is 21.6. The SMILES string of the molecule is CN(CC1CC(O)C1)c1nc(Cl)nc(-n2ccnc2)n1. The van der Waals surface area contributed by atoms with Crippen LogP contribution in [0.2, 0.25) is 5.28 Å². The lowest BCUT2D eigenvalue weighted by Crippen LogP contribution is -2.37. The summed E-state index contributed by atoms with van der Waals surface area (Å²) in [5.41, 5.74) is 0. The second kappa shape index (κ2) is 5.34. The van der Waals surface area contributed by atoms with E-state index in [1.165, 1.54) is 0 Å². The molecule has 0 amide bonds. The maximum Gasteiger partial charge on any atom is 0.241 e. The molecule has 1 fully saturated rings. The minimum atomic E-state index is -0.156. The van der Waals surface area contributed by atoms with E-state index in [2.05, 4.69) is 19.9 Å². The topological polar surface area (TPSA) is 80.0 Å². The molecule has 0 aromatic carbocycles. The third-order valence-corrected chi connectivity index (χ3v) is 3.57. The first kappa shape index (κ1) is 13.3. The Hall–Kier alpha value is -1.73. The van der Waals surface area contributed by atoms with E-state index in [9.17, 15) is 5.11 Å². The number of imidazole rings is 1. The summed E-state index contributed by atoms with van der Waals surface area (Å²) < 4.78 is 1.68. The Kier molecular flexibility index (Phi) is 3.54. The van der Waals surface area contributed by atoms with Crippen LogP contribution >= 0.6 is 11.6 Å². The van der Waals surface area contributed by atoms with Crippen molar-refractivity contribution in [1.29, 1.82) is 0 Å². The van der Waals surface area contributed by atoms with Crippen molar-refractivity contribution in [2.45, 2.75) is 18.9 Å². The molecular formula is C12H15ClN6O. The molecule has 2 aromatic rings. The van der Waals surface area contributed by atoms with Crippen LogP contribution in [0.1, 0.15) is 12.8 Å². The van der Waals surface area contributed by atoms with Crippen molar-refractivity contribution in [3.05, 3.63) is 24.0 Å². The van der Waals surface area contributed by atoms with Crippen molar-refractivity contribution in [2.24, 2.45) is 5.92 Å². The largest absolute Gasteiger partial charge is 0.393 e. The fourth-order valence-corrected chi connectivity index (χ4v) is 2.46. The Balaban J connectivity index is 1.78. The first-order valence-corrected chi connectivity index (χ1v) is 6.78. The predicted molar refractivity (Wildman–Crippen MR) is 74.0 cm³/mol. The quantitative estimate of drug-likeness (QED) is 0.903. The molecule has 0 radical (unpaired) electrons. The second-order valence-electron chi connectivity index (χ2n) is 5.05. The number of hydrogen-bond donors (Lipinski definition) is 1. The maximum atomic E-state index is 9.32. The number of aliphatic hydroxyl groups is 1. The van der Waals surface area contributed by atoms with Crippen LogP contribution in [0.4, 0.5) is 5.95 Å². The summed E-state index contributed by atoms with van der Waals surface area (Å²) in [6.07, 6.45) is 6.51. The van der Waals surface area contributed by atoms with Gasteiger partial charge in [0, 0.05) is 26.0 Å². The van der Waals surface area contributed by atoms with Gasteiger partial charge < -0.3 is 10.0 Å². The number of aromatic nitrogens is 5. The molecule has 106 valence electrons. The maximum absolute atomic E-state index is 9.32. The summed E-state index contributed by atoms with van der Waals surface area (Å²) in [5.74, 6) is 1.44. The summed E-state index contributed by atoms with van der Waals surface area (Å²) in [6, 6.07) is 0. The van der Waals surface area contributed by atoms with E-state index in [4.69, 9.17) is 11.6 Å². The Morgan fingerprint density at radius 1 is 1.40 bits per heavy atom. The van der Waals surface area contributed by atoms with E-state index in [1.807, 2.05) is 11.9 Å². The molecule has 1 N–H and O–H groups in total. The van der Waals surface area contributed by atoms with Gasteiger partial charge in [0.05, 0.1) is 6.10 Å². The summed E-state index contributed by atoms with van der Waals surface area (Å²) in [5, 5.41) is 9.48. The highest BCUT2D eigenvalue weighted by Gasteiger charge is 2.28. The zero-order valence-electron chi connectivity index (χ0n) is 11.0. The highest BCUT2D eigenvalue weighted by molar-refractivity contribution is 6.28. The third-order valence-electron chi connectivity index (χ3n) is 3.40. The first-order valence-electron chi connectivity index (χ1n) is 6.41. The van der Waals surface area contributed by atoms with Gasteiger partial charge in [0.2, 0.25) is 17.2 Å². The lowest BCUT2D eigenvalue weighted by atomic mass is 9.82. The minimum Gasteiger partial charge on any atom is -0.393 e. The molecule has 2 aromatic heterocycles. The van der Waals surface area contributed by atoms with Gasteiger partial charge >= 0.3 is 0 Å². The molecule has 0 aliphatic heterocycles. The monoisotopic (exact) mass is 294 g/mol. The van der Waals surface area contributed by atoms with E-state index in [-0.39, 0.29) is 11.4 Å². The van der Waals surface area contributed by atoms with Gasteiger partial charge in [-0.15, -0.1) is 0 Å². The van der Waals surface area contributed by atoms with Gasteiger partial charge in [0.1, 0.15) is 6.33 Å². The number of hydrogen-bond acceptors (Lipinski definition) is 6. The molecule has 2 heterocycles. The lowest BCUT2D eigenvalue weighted by molar-refractivity contribution is 0.0463. The Labute approximate surface area is 121 Å². The molecule has 7 nitrogen and oxygen atoms in total. The number of aliphatic hydroxyl groups excluding tert-OH is 1. The first-order chi connectivity index (χ1) is 9.61. The zero-order chi connectivity index (χ0) is 14.1. The number of anilines is 1. The minimum absolute atomic E-state index is 0.152. The molecule has 0 bridgehead atoms. The van der Waals surface area contributed by atoms with Crippen LogP contribution in [0.15, 0.2) is 18.7 Å². The average Bonchev–Trinajstić information content (AvgIpc) is 2.90. The van der Waals surface area contributed by atoms with Gasteiger partial charge in [-0.25, -0.2) is 4.98 Å². The molecule has 0 unspecified atom stereocenters. The smallest absolute Gasteiger partial charge is 0.241 e. The Bertz CT molecular complexity index is 584. The highest BCUT2D eigenvalue weighted by atomic mass is 35.5. The molecule has 0 saturated heterocycles. The Morgan fingerprint density at radius 3 is 2.85 bits per heavy atom. The molecule has 8 heteroatoms. The molecule has 20 heavy (non-hydrogen) atoms. The fraction of sp³-hybridized carbons (Fsp3) is 0.500. The molecule has 0 spiro atoms. The molecule has 3 rings (SSSR count). The molecular weight excluding hydrogens is 280 g/mol. The standard InChI is InChI=1S/C12H15ClN6O/c1-18(6-8-4-9(20)5-8)11-15-10(13)16-12(17-11)19-3-2-14-7-19/h2-3,7-9,20H,4-6H2,1H3. The number of halogens is 1. The average molecular weight is 295 g/mol. The van der Waals surface area contributed by atoms with Gasteiger partial charge in [-0.3, -0.25) is 4.57 Å². The van der Waals surface area contributed by atoms with E-state index in [0.29, 0.717) is 17.8 Å². The third kappa shape index (κ3) is 2.73. The van der Waals surface area contributed by atoms with E-state index in [1.54, 1.807) is 23.3 Å². The van der Waals surface area contributed by atoms with Crippen molar-refractivity contribution in [3.8, 4) is 5.95 Å². The summed E-state index contributed by atoms with van der Waals surface area (Å²) >= 11 is 5.96. The molecule has 1 aliphatic carbocycles. The van der Waals surface area contributed by atoms with Crippen LogP contribution in [0, 0.1) is 5.92 Å². The molecule has 0 atom stereocenters. The van der Waals surface area contributed by atoms with Crippen molar-refractivity contribution >= 4 is 17.5 Å². The van der Waals surface area contributed by atoms with Crippen molar-refractivity contribution in [1.82, 2.24) is 24.5 Å². The van der Waals surface area contributed by atoms with Gasteiger partial charge in [0.15, 0.2) is 0 Å². The van der Waals surface area contributed by atoms with Crippen molar-refractivity contribution in [3.63, 3.8) is 0 Å². The van der Waals surface area contributed by atoms with Crippen molar-refractivity contribution < 1.29 is 5.11 Å². The van der Waals surface area contributed by atoms with Gasteiger partial charge in [0.25, 0.3) is 0 Å². The van der Waals surface area contributed by atoms with E-state index >= 15 is 0 Å². The zero-order valence-corrected chi connectivity index (χ0v) is 11.8. The molecule has 1 saturated carbocycles. The van der Waals surface area contributed by atoms with Gasteiger partial charge in [-0.2, -0.15) is 15.0 Å². The van der Waals surface area contributed by atoms with E-state index in [0.717, 1.165) is 19.4 Å². The van der Waals surface area contributed by atoms with Crippen LogP contribution in [0.3, 0.4) is 0 Å². The van der Waals surface area contributed by atoms with Crippen LogP contribution in [0.25, 0.3) is 5.95 Å². The van der Waals surface area contributed by atoms with Gasteiger partial charge in [-0.05, 0) is 30.4 Å². The van der Waals surface area contributed by atoms with Crippen LogP contribution in [0.5, 0.6) is 0 Å². The second-order valence-corrected chi connectivity index (χ2v) is 5.38. The van der Waals surface area contributed by atoms with Crippen LogP contribution in [-0.4, -0.2) is 49.3 Å². The predicted octanol–water partition coefficient (Wildman–Crippen LogP) is 0.918. The summed E-state index contributed by atoms with van der Waals surface area (Å²) in [4.78, 5) is 18.5. The number of nitrogens with zero attached hydrogens (tertiary/aromatic N) is 6. The van der Waals surface area contributed by atoms with E-state index < -0.39 is 0 Å². The Morgan fingerprint density at radius 2 is 2.20 bits per heavy atom. The fourth-order valence-electron chi connectivity index (χ4n) is 2.31. The highest BCUT2D eigenvalue weighted by Crippen LogP contribution is 2.28. The summed E-state index contributed by atoms with van der Waals surface area (Å²) in [6.45, 7) is 0.792. The number of rotatable bonds is 4. The lowest BCUT2D eigenvalue weighted by Gasteiger charge is -2.34. The van der Waals surface area contributed by atoms with Gasteiger partial charge in [-0.1, -0.05) is 0 Å². The van der Waals surface area contributed by atoms with Crippen LogP contribution < -0.4 is 4.90 Å². The van der Waals surface area contributed by atoms with Crippen LogP contribution in [-0.2, 0) is 0 Å². The summed E-state index contributed by atoms with van der Waals surface area (Å²) in [7, 11) is 1.91. The molecule has 1 aliphatic rings.